The molecule has 150 valence electrons. The maximum Gasteiger partial charge on any atom is 0.302 e. The molecular weight excluding hydrogens is 360 g/mol. The van der Waals surface area contributed by atoms with Crippen LogP contribution in [0, 0.1) is 28.6 Å². The first-order valence-electron chi connectivity index (χ1n) is 10.7. The Morgan fingerprint density at radius 3 is 2.52 bits per heavy atom. The van der Waals surface area contributed by atoms with Gasteiger partial charge in [0.1, 0.15) is 11.9 Å². The molecule has 4 heteroatoms. The first-order chi connectivity index (χ1) is 12.7. The quantitative estimate of drug-likeness (QED) is 0.356. The summed E-state index contributed by atoms with van der Waals surface area (Å²) in [7, 11) is 0. The van der Waals surface area contributed by atoms with E-state index in [-0.39, 0.29) is 34.2 Å². The van der Waals surface area contributed by atoms with Gasteiger partial charge in [0.25, 0.3) is 0 Å². The third kappa shape index (κ3) is 2.91. The lowest BCUT2D eigenvalue weighted by atomic mass is 9.51. The van der Waals surface area contributed by atoms with Gasteiger partial charge in [0, 0.05) is 23.6 Å². The van der Waals surface area contributed by atoms with Crippen LogP contribution in [0.15, 0.2) is 11.1 Å². The molecule has 3 fully saturated rings. The van der Waals surface area contributed by atoms with Crippen molar-refractivity contribution in [3.05, 3.63) is 11.1 Å². The smallest absolute Gasteiger partial charge is 0.302 e. The van der Waals surface area contributed by atoms with E-state index in [1.807, 2.05) is 0 Å². The first kappa shape index (κ1) is 19.5. The van der Waals surface area contributed by atoms with E-state index in [1.54, 1.807) is 18.1 Å². The van der Waals surface area contributed by atoms with Crippen molar-refractivity contribution < 1.29 is 14.3 Å². The largest absolute Gasteiger partial charge is 0.463 e. The Morgan fingerprint density at radius 1 is 1.11 bits per heavy atom. The fraction of sp³-hybridized carbons (Fsp3) is 0.826. The number of allylic oxidation sites excluding steroid dienone is 2. The number of ketones is 1. The molecule has 0 heterocycles. The normalized spacial score (nSPS) is 46.3. The molecule has 0 aromatic heterocycles. The van der Waals surface area contributed by atoms with Crippen molar-refractivity contribution >= 4 is 23.4 Å². The summed E-state index contributed by atoms with van der Waals surface area (Å²) in [4.78, 5) is 23.7. The molecular formula is C23H33ClO3. The maximum absolute atomic E-state index is 12.3. The Hall–Kier alpha value is -0.830. The fourth-order valence-electron chi connectivity index (χ4n) is 7.42. The van der Waals surface area contributed by atoms with Gasteiger partial charge in [-0.05, 0) is 75.5 Å². The second-order valence-electron chi connectivity index (χ2n) is 10.1. The summed E-state index contributed by atoms with van der Waals surface area (Å²) in [6, 6.07) is 0. The molecule has 3 nitrogen and oxygen atoms in total. The van der Waals surface area contributed by atoms with Crippen LogP contribution in [0.5, 0.6) is 0 Å². The predicted octanol–water partition coefficient (Wildman–Crippen LogP) is 5.45. The van der Waals surface area contributed by atoms with Crippen molar-refractivity contribution in [1.82, 2.24) is 0 Å². The lowest BCUT2D eigenvalue weighted by Crippen LogP contribution is -2.49. The van der Waals surface area contributed by atoms with Crippen molar-refractivity contribution in [2.24, 2.45) is 28.6 Å². The van der Waals surface area contributed by atoms with Crippen molar-refractivity contribution in [3.63, 3.8) is 0 Å². The number of halogens is 1. The Bertz CT molecular complexity index is 698. The second kappa shape index (κ2) is 6.61. The van der Waals surface area contributed by atoms with Crippen molar-refractivity contribution in [3.8, 4) is 0 Å². The highest BCUT2D eigenvalue weighted by atomic mass is 35.5. The molecule has 4 rings (SSSR count). The van der Waals surface area contributed by atoms with Gasteiger partial charge in [-0.25, -0.2) is 0 Å². The summed E-state index contributed by atoms with van der Waals surface area (Å²) in [5, 5.41) is 0.0818. The predicted molar refractivity (Wildman–Crippen MR) is 107 cm³/mol. The Balaban J connectivity index is 1.66. The summed E-state index contributed by atoms with van der Waals surface area (Å²) in [6.07, 6.45) is 8.25. The molecule has 27 heavy (non-hydrogen) atoms. The van der Waals surface area contributed by atoms with Crippen LogP contribution in [0.2, 0.25) is 0 Å². The fourth-order valence-corrected chi connectivity index (χ4v) is 7.83. The van der Waals surface area contributed by atoms with Gasteiger partial charge in [0.15, 0.2) is 0 Å². The molecule has 0 aromatic rings. The molecule has 0 amide bonds. The lowest BCUT2D eigenvalue weighted by Gasteiger charge is -2.55. The maximum atomic E-state index is 12.3. The first-order valence-corrected chi connectivity index (χ1v) is 11.1. The highest BCUT2D eigenvalue weighted by Crippen LogP contribution is 2.65. The van der Waals surface area contributed by atoms with Crippen LogP contribution in [-0.4, -0.2) is 23.2 Å². The van der Waals surface area contributed by atoms with Crippen LogP contribution in [-0.2, 0) is 14.3 Å². The number of alkyl halides is 1. The van der Waals surface area contributed by atoms with E-state index >= 15 is 0 Å². The second-order valence-corrected chi connectivity index (χ2v) is 10.6. The highest BCUT2D eigenvalue weighted by molar-refractivity contribution is 6.21. The van der Waals surface area contributed by atoms with Crippen LogP contribution in [0.25, 0.3) is 0 Å². The minimum absolute atomic E-state index is 0.00270. The Kier molecular flexibility index (Phi) is 4.77. The zero-order chi connectivity index (χ0) is 19.6. The van der Waals surface area contributed by atoms with Crippen molar-refractivity contribution in [2.45, 2.75) is 90.5 Å². The molecule has 4 aliphatic carbocycles. The van der Waals surface area contributed by atoms with Gasteiger partial charge in [0.05, 0.1) is 0 Å². The SMILES string of the molecule is CC(=O)O[C@H]1CCC2=C3CC[C@]4(C)[C@@H](C(C)=O)CC[C@H]4[C@@H]3C[C@@H](Cl)[C@]2(C)C1. The van der Waals surface area contributed by atoms with Gasteiger partial charge in [-0.1, -0.05) is 25.0 Å². The average molecular weight is 393 g/mol. The minimum Gasteiger partial charge on any atom is -0.463 e. The van der Waals surface area contributed by atoms with Crippen molar-refractivity contribution in [2.75, 3.05) is 0 Å². The minimum atomic E-state index is -0.186. The van der Waals surface area contributed by atoms with Crippen LogP contribution < -0.4 is 0 Å². The molecule has 0 aliphatic heterocycles. The molecule has 0 bridgehead atoms. The number of carbonyl (C=O) groups excluding carboxylic acids is 2. The Morgan fingerprint density at radius 2 is 1.85 bits per heavy atom. The summed E-state index contributed by atoms with van der Waals surface area (Å²) < 4.78 is 5.56. The number of Topliss-reactive ketones (excluding diaryl/α,β-unsaturated/α-hetero) is 1. The molecule has 3 saturated carbocycles. The zero-order valence-corrected chi connectivity index (χ0v) is 17.9. The van der Waals surface area contributed by atoms with E-state index in [0.29, 0.717) is 17.6 Å². The molecule has 7 atom stereocenters. The molecule has 0 unspecified atom stereocenters. The third-order valence-electron chi connectivity index (χ3n) is 8.70. The van der Waals surface area contributed by atoms with Gasteiger partial charge in [-0.2, -0.15) is 0 Å². The number of carbonyl (C=O) groups is 2. The zero-order valence-electron chi connectivity index (χ0n) is 17.1. The molecule has 0 aromatic carbocycles. The highest BCUT2D eigenvalue weighted by Gasteiger charge is 2.58. The third-order valence-corrected chi connectivity index (χ3v) is 9.36. The van der Waals surface area contributed by atoms with Gasteiger partial charge in [-0.3, -0.25) is 9.59 Å². The van der Waals surface area contributed by atoms with E-state index in [1.165, 1.54) is 13.3 Å². The number of rotatable bonds is 2. The topological polar surface area (TPSA) is 43.4 Å². The number of esters is 1. The summed E-state index contributed by atoms with van der Waals surface area (Å²) in [5.74, 6) is 1.56. The van der Waals surface area contributed by atoms with E-state index in [0.717, 1.165) is 44.9 Å². The molecule has 4 aliphatic rings. The van der Waals surface area contributed by atoms with Crippen LogP contribution in [0.1, 0.15) is 79.1 Å². The molecule has 0 saturated heterocycles. The standard InChI is InChI=1S/C23H33ClO3/c1-13(25)18-7-8-20-17-11-21(24)23(4)12-15(27-14(2)26)5-6-19(23)16(17)9-10-22(18,20)3/h15,17-18,20-21H,5-12H2,1-4H3/t15-,17+,18+,20-,21+,22+,23+/m0/s1. The van der Waals surface area contributed by atoms with E-state index < -0.39 is 0 Å². The molecule has 0 radical (unpaired) electrons. The number of fused-ring (bicyclic) bond motifs is 4. The van der Waals surface area contributed by atoms with Gasteiger partial charge in [-0.15, -0.1) is 11.6 Å². The monoisotopic (exact) mass is 392 g/mol. The molecule has 0 spiro atoms. The summed E-state index contributed by atoms with van der Waals surface area (Å²) in [6.45, 7) is 7.94. The van der Waals surface area contributed by atoms with E-state index in [2.05, 4.69) is 13.8 Å². The van der Waals surface area contributed by atoms with Gasteiger partial charge >= 0.3 is 5.97 Å². The lowest BCUT2D eigenvalue weighted by molar-refractivity contribution is -0.149. The molecule has 0 N–H and O–H groups in total. The summed E-state index contributed by atoms with van der Waals surface area (Å²) in [5.41, 5.74) is 3.32. The van der Waals surface area contributed by atoms with Gasteiger partial charge in [0.2, 0.25) is 0 Å². The van der Waals surface area contributed by atoms with Crippen molar-refractivity contribution in [1.29, 1.82) is 0 Å². The summed E-state index contributed by atoms with van der Waals surface area (Å²) >= 11 is 7.05. The Labute approximate surface area is 168 Å². The van der Waals surface area contributed by atoms with Crippen LogP contribution in [0.3, 0.4) is 0 Å². The number of hydrogen-bond donors (Lipinski definition) is 0. The van der Waals surface area contributed by atoms with E-state index in [4.69, 9.17) is 16.3 Å². The van der Waals surface area contributed by atoms with Crippen LogP contribution >= 0.6 is 11.6 Å². The average Bonchev–Trinajstić information content (AvgIpc) is 2.92. The number of hydrogen-bond acceptors (Lipinski definition) is 3. The number of ether oxygens (including phenoxy) is 1. The van der Waals surface area contributed by atoms with E-state index in [9.17, 15) is 9.59 Å². The van der Waals surface area contributed by atoms with Crippen LogP contribution in [0.4, 0.5) is 0 Å². The van der Waals surface area contributed by atoms with Gasteiger partial charge < -0.3 is 4.74 Å².